The Bertz CT molecular complexity index is 421. The van der Waals surface area contributed by atoms with Gasteiger partial charge in [0.1, 0.15) is 6.04 Å². The van der Waals surface area contributed by atoms with E-state index in [9.17, 15) is 4.79 Å². The molecule has 0 bridgehead atoms. The van der Waals surface area contributed by atoms with Gasteiger partial charge in [0.15, 0.2) is 0 Å². The molecule has 3 N–H and O–H groups in total. The van der Waals surface area contributed by atoms with Gasteiger partial charge in [-0.1, -0.05) is 29.8 Å². The Labute approximate surface area is 116 Å². The van der Waals surface area contributed by atoms with Crippen molar-refractivity contribution in [1.29, 1.82) is 0 Å². The summed E-state index contributed by atoms with van der Waals surface area (Å²) in [6.07, 6.45) is 0.697. The molecule has 0 spiro atoms. The van der Waals surface area contributed by atoms with E-state index in [1.165, 1.54) is 7.11 Å². The smallest absolute Gasteiger partial charge is 0.328 e. The molecule has 0 heterocycles. The highest BCUT2D eigenvalue weighted by Gasteiger charge is 2.20. The largest absolute Gasteiger partial charge is 0.467 e. The number of benzene rings is 1. The van der Waals surface area contributed by atoms with Crippen LogP contribution in [0.25, 0.3) is 0 Å². The van der Waals surface area contributed by atoms with Crippen LogP contribution in [0.15, 0.2) is 22.7 Å². The van der Waals surface area contributed by atoms with Gasteiger partial charge >= 0.3 is 5.97 Å². The molecule has 5 heteroatoms. The molecule has 0 radical (unpaired) electrons. The zero-order chi connectivity index (χ0) is 13.7. The highest BCUT2D eigenvalue weighted by atomic mass is 79.9. The van der Waals surface area contributed by atoms with E-state index < -0.39 is 0 Å². The van der Waals surface area contributed by atoms with Gasteiger partial charge in [-0.15, -0.1) is 0 Å². The van der Waals surface area contributed by atoms with Crippen LogP contribution in [0.5, 0.6) is 0 Å². The van der Waals surface area contributed by atoms with Gasteiger partial charge in [-0.25, -0.2) is 4.79 Å². The van der Waals surface area contributed by atoms with Crippen LogP contribution >= 0.6 is 15.9 Å². The Balaban J connectivity index is 2.85. The number of ether oxygens (including phenoxy) is 1. The van der Waals surface area contributed by atoms with Gasteiger partial charge in [-0.05, 0) is 30.5 Å². The molecule has 1 aromatic carbocycles. The summed E-state index contributed by atoms with van der Waals surface area (Å²) in [5.74, 6) is 0.115. The first-order valence-corrected chi connectivity index (χ1v) is 6.62. The first-order chi connectivity index (χ1) is 8.43. The summed E-state index contributed by atoms with van der Waals surface area (Å²) < 4.78 is 5.70. The molecule has 0 amide bonds. The lowest BCUT2D eigenvalue weighted by atomic mass is 10.0. The molecule has 0 saturated heterocycles. The van der Waals surface area contributed by atoms with Crippen LogP contribution in [0.3, 0.4) is 0 Å². The number of hydrogen-bond donors (Lipinski definition) is 2. The molecular weight excluding hydrogens is 296 g/mol. The second-order valence-corrected chi connectivity index (χ2v) is 5.50. The fourth-order valence-corrected chi connectivity index (χ4v) is 2.06. The second kappa shape index (κ2) is 6.64. The van der Waals surface area contributed by atoms with Crippen LogP contribution in [0.4, 0.5) is 11.4 Å². The standard InChI is InChI=1S/C13H19BrN2O2/c1-8(2)6-12(13(17)18-3)16-11-5-4-9(14)7-10(11)15/h4-5,7-8,12,16H,6,15H2,1-3H3. The van der Waals surface area contributed by atoms with E-state index in [1.807, 2.05) is 12.1 Å². The van der Waals surface area contributed by atoms with Gasteiger partial charge in [0.2, 0.25) is 0 Å². The number of nitrogens with one attached hydrogen (secondary N) is 1. The molecule has 0 aliphatic rings. The molecule has 18 heavy (non-hydrogen) atoms. The Morgan fingerprint density at radius 2 is 2.17 bits per heavy atom. The molecule has 0 fully saturated rings. The van der Waals surface area contributed by atoms with Gasteiger partial charge in [0.25, 0.3) is 0 Å². The van der Waals surface area contributed by atoms with Crippen molar-refractivity contribution < 1.29 is 9.53 Å². The average Bonchev–Trinajstić information content (AvgIpc) is 2.30. The number of carbonyl (C=O) groups excluding carboxylic acids is 1. The first-order valence-electron chi connectivity index (χ1n) is 5.83. The van der Waals surface area contributed by atoms with Gasteiger partial charge in [-0.3, -0.25) is 0 Å². The summed E-state index contributed by atoms with van der Waals surface area (Å²) >= 11 is 3.35. The van der Waals surface area contributed by atoms with Gasteiger partial charge in [0.05, 0.1) is 18.5 Å². The SMILES string of the molecule is COC(=O)C(CC(C)C)Nc1ccc(Br)cc1N. The van der Waals surface area contributed by atoms with Crippen LogP contribution in [0.2, 0.25) is 0 Å². The summed E-state index contributed by atoms with van der Waals surface area (Å²) in [7, 11) is 1.39. The summed E-state index contributed by atoms with van der Waals surface area (Å²) in [5.41, 5.74) is 7.24. The number of carbonyl (C=O) groups is 1. The first kappa shape index (κ1) is 14.8. The average molecular weight is 315 g/mol. The lowest BCUT2D eigenvalue weighted by Gasteiger charge is -2.20. The lowest BCUT2D eigenvalue weighted by Crippen LogP contribution is -2.32. The van der Waals surface area contributed by atoms with Crippen LogP contribution in [0.1, 0.15) is 20.3 Å². The van der Waals surface area contributed by atoms with E-state index in [-0.39, 0.29) is 12.0 Å². The Morgan fingerprint density at radius 3 is 2.67 bits per heavy atom. The summed E-state index contributed by atoms with van der Waals surface area (Å²) in [4.78, 5) is 11.7. The third-order valence-electron chi connectivity index (χ3n) is 2.54. The second-order valence-electron chi connectivity index (χ2n) is 4.58. The molecule has 0 aliphatic heterocycles. The molecule has 0 aliphatic carbocycles. The van der Waals surface area contributed by atoms with Crippen LogP contribution in [-0.2, 0) is 9.53 Å². The van der Waals surface area contributed by atoms with Crippen molar-refractivity contribution in [2.24, 2.45) is 5.92 Å². The van der Waals surface area contributed by atoms with Crippen molar-refractivity contribution >= 4 is 33.3 Å². The van der Waals surface area contributed by atoms with Gasteiger partial charge < -0.3 is 15.8 Å². The summed E-state index contributed by atoms with van der Waals surface area (Å²) in [6.45, 7) is 4.12. The molecule has 1 aromatic rings. The number of halogens is 1. The highest BCUT2D eigenvalue weighted by Crippen LogP contribution is 2.24. The van der Waals surface area contributed by atoms with Gasteiger partial charge in [-0.2, -0.15) is 0 Å². The minimum Gasteiger partial charge on any atom is -0.467 e. The van der Waals surface area contributed by atoms with Crippen molar-refractivity contribution in [3.8, 4) is 0 Å². The normalized spacial score (nSPS) is 12.3. The minimum atomic E-state index is -0.376. The molecule has 1 unspecified atom stereocenters. The predicted molar refractivity (Wildman–Crippen MR) is 77.4 cm³/mol. The quantitative estimate of drug-likeness (QED) is 0.647. The van der Waals surface area contributed by atoms with Crippen LogP contribution in [0, 0.1) is 5.92 Å². The number of nitrogen functional groups attached to an aromatic ring is 1. The van der Waals surface area contributed by atoms with Crippen LogP contribution in [-0.4, -0.2) is 19.1 Å². The topological polar surface area (TPSA) is 64.3 Å². The van der Waals surface area contributed by atoms with Crippen molar-refractivity contribution in [1.82, 2.24) is 0 Å². The van der Waals surface area contributed by atoms with Crippen molar-refractivity contribution in [2.45, 2.75) is 26.3 Å². The van der Waals surface area contributed by atoms with E-state index in [0.29, 0.717) is 18.0 Å². The van der Waals surface area contributed by atoms with E-state index in [2.05, 4.69) is 35.1 Å². The van der Waals surface area contributed by atoms with Crippen molar-refractivity contribution in [2.75, 3.05) is 18.2 Å². The van der Waals surface area contributed by atoms with E-state index in [4.69, 9.17) is 10.5 Å². The highest BCUT2D eigenvalue weighted by molar-refractivity contribution is 9.10. The molecule has 0 aromatic heterocycles. The molecule has 1 rings (SSSR count). The molecular formula is C13H19BrN2O2. The third kappa shape index (κ3) is 4.22. The number of anilines is 2. The van der Waals surface area contributed by atoms with Crippen molar-refractivity contribution in [3.63, 3.8) is 0 Å². The monoisotopic (exact) mass is 314 g/mol. The molecule has 100 valence electrons. The fourth-order valence-electron chi connectivity index (χ4n) is 1.68. The maximum atomic E-state index is 11.7. The maximum absolute atomic E-state index is 11.7. The molecule has 1 atom stereocenters. The summed E-state index contributed by atoms with van der Waals surface area (Å²) in [5, 5.41) is 3.14. The number of hydrogen-bond acceptors (Lipinski definition) is 4. The molecule has 4 nitrogen and oxygen atoms in total. The van der Waals surface area contributed by atoms with E-state index >= 15 is 0 Å². The fraction of sp³-hybridized carbons (Fsp3) is 0.462. The Hall–Kier alpha value is -1.23. The van der Waals surface area contributed by atoms with Crippen LogP contribution < -0.4 is 11.1 Å². The number of esters is 1. The number of rotatable bonds is 5. The summed E-state index contributed by atoms with van der Waals surface area (Å²) in [6, 6.07) is 5.14. The zero-order valence-electron chi connectivity index (χ0n) is 10.9. The third-order valence-corrected chi connectivity index (χ3v) is 3.03. The predicted octanol–water partition coefficient (Wildman–Crippen LogP) is 3.03. The van der Waals surface area contributed by atoms with E-state index in [1.54, 1.807) is 6.07 Å². The number of nitrogens with two attached hydrogens (primary N) is 1. The van der Waals surface area contributed by atoms with E-state index in [0.717, 1.165) is 10.2 Å². The number of methoxy groups -OCH3 is 1. The van der Waals surface area contributed by atoms with Crippen molar-refractivity contribution in [3.05, 3.63) is 22.7 Å². The Morgan fingerprint density at radius 1 is 1.50 bits per heavy atom. The maximum Gasteiger partial charge on any atom is 0.328 e. The van der Waals surface area contributed by atoms with Gasteiger partial charge in [0, 0.05) is 4.47 Å². The zero-order valence-corrected chi connectivity index (χ0v) is 12.5. The molecule has 0 saturated carbocycles. The lowest BCUT2D eigenvalue weighted by molar-refractivity contribution is -0.141. The minimum absolute atomic E-state index is 0.272. The Kier molecular flexibility index (Phi) is 5.47.